The lowest BCUT2D eigenvalue weighted by molar-refractivity contribution is -0.384. The minimum Gasteiger partial charge on any atom is -0.379 e. The molecule has 0 saturated heterocycles. The molecule has 0 aliphatic rings. The number of nitrogens with one attached hydrogen (secondary N) is 1. The molecule has 0 aliphatic carbocycles. The van der Waals surface area contributed by atoms with E-state index in [1.165, 1.54) is 18.2 Å². The Bertz CT molecular complexity index is 466. The van der Waals surface area contributed by atoms with Gasteiger partial charge >= 0.3 is 0 Å². The highest BCUT2D eigenvalue weighted by Gasteiger charge is 2.15. The largest absolute Gasteiger partial charge is 0.379 e. The van der Waals surface area contributed by atoms with Gasteiger partial charge < -0.3 is 11.1 Å². The lowest BCUT2D eigenvalue weighted by atomic mass is 10.1. The molecule has 1 rings (SSSR count). The zero-order chi connectivity index (χ0) is 14.3. The van der Waals surface area contributed by atoms with Crippen LogP contribution in [0.1, 0.15) is 23.2 Å². The summed E-state index contributed by atoms with van der Waals surface area (Å²) >= 11 is 1.77. The normalized spacial score (nSPS) is 10.2. The number of anilines is 1. The van der Waals surface area contributed by atoms with Crippen LogP contribution >= 0.6 is 11.8 Å². The third kappa shape index (κ3) is 4.78. The van der Waals surface area contributed by atoms with Gasteiger partial charge in [0.2, 0.25) is 5.91 Å². The van der Waals surface area contributed by atoms with Crippen LogP contribution in [0.2, 0.25) is 0 Å². The van der Waals surface area contributed by atoms with Gasteiger partial charge in [-0.25, -0.2) is 0 Å². The first-order chi connectivity index (χ1) is 9.06. The predicted molar refractivity (Wildman–Crippen MR) is 77.7 cm³/mol. The molecular formula is C12H17N3O3S. The number of hydrogen-bond acceptors (Lipinski definition) is 5. The van der Waals surface area contributed by atoms with E-state index in [1.54, 1.807) is 11.8 Å². The Balaban J connectivity index is 2.71. The van der Waals surface area contributed by atoms with E-state index in [4.69, 9.17) is 5.73 Å². The van der Waals surface area contributed by atoms with Gasteiger partial charge in [0.25, 0.3) is 5.69 Å². The zero-order valence-electron chi connectivity index (χ0n) is 10.7. The minimum absolute atomic E-state index is 0.124. The first kappa shape index (κ1) is 15.3. The Kier molecular flexibility index (Phi) is 6.14. The fraction of sp³-hybridized carbons (Fsp3) is 0.417. The van der Waals surface area contributed by atoms with Crippen molar-refractivity contribution < 1.29 is 9.72 Å². The number of rotatable bonds is 8. The molecule has 0 radical (unpaired) electrons. The van der Waals surface area contributed by atoms with Crippen molar-refractivity contribution in [3.8, 4) is 0 Å². The quantitative estimate of drug-likeness (QED) is 0.433. The van der Waals surface area contributed by atoms with Crippen LogP contribution in [0.4, 0.5) is 11.4 Å². The van der Waals surface area contributed by atoms with Crippen molar-refractivity contribution in [2.24, 2.45) is 5.73 Å². The first-order valence-electron chi connectivity index (χ1n) is 5.87. The molecule has 104 valence electrons. The van der Waals surface area contributed by atoms with E-state index in [-0.39, 0.29) is 11.3 Å². The molecule has 0 saturated carbocycles. The van der Waals surface area contributed by atoms with Crippen molar-refractivity contribution in [2.75, 3.05) is 23.9 Å². The van der Waals surface area contributed by atoms with Crippen LogP contribution in [0.25, 0.3) is 0 Å². The summed E-state index contributed by atoms with van der Waals surface area (Å²) in [5.41, 5.74) is 5.53. The van der Waals surface area contributed by atoms with Gasteiger partial charge in [0.05, 0.1) is 4.92 Å². The topological polar surface area (TPSA) is 98.3 Å². The van der Waals surface area contributed by atoms with E-state index >= 15 is 0 Å². The lowest BCUT2D eigenvalue weighted by Gasteiger charge is -2.07. The van der Waals surface area contributed by atoms with E-state index in [1.807, 2.05) is 6.26 Å². The summed E-state index contributed by atoms with van der Waals surface area (Å²) in [6.07, 6.45) is 4.04. The number of unbranched alkanes of at least 4 members (excludes halogenated alkanes) is 1. The molecule has 0 heterocycles. The number of carbonyl (C=O) groups excluding carboxylic acids is 1. The van der Waals surface area contributed by atoms with Crippen molar-refractivity contribution in [3.05, 3.63) is 33.9 Å². The molecule has 0 spiro atoms. The van der Waals surface area contributed by atoms with Crippen LogP contribution in [0.3, 0.4) is 0 Å². The highest BCUT2D eigenvalue weighted by molar-refractivity contribution is 7.98. The molecule has 0 aromatic heterocycles. The number of carbonyl (C=O) groups is 1. The van der Waals surface area contributed by atoms with Crippen LogP contribution in [0, 0.1) is 10.1 Å². The van der Waals surface area contributed by atoms with Crippen LogP contribution in [-0.2, 0) is 0 Å². The summed E-state index contributed by atoms with van der Waals surface area (Å²) in [7, 11) is 0. The smallest absolute Gasteiger partial charge is 0.293 e. The van der Waals surface area contributed by atoms with E-state index in [2.05, 4.69) is 5.32 Å². The van der Waals surface area contributed by atoms with Gasteiger partial charge in [-0.1, -0.05) is 0 Å². The maximum absolute atomic E-state index is 11.0. The van der Waals surface area contributed by atoms with E-state index in [9.17, 15) is 14.9 Å². The number of nitrogens with two attached hydrogens (primary N) is 1. The van der Waals surface area contributed by atoms with Crippen LogP contribution < -0.4 is 11.1 Å². The summed E-state index contributed by atoms with van der Waals surface area (Å²) in [6.45, 7) is 0.664. The average molecular weight is 283 g/mol. The number of primary amides is 1. The molecule has 19 heavy (non-hydrogen) atoms. The highest BCUT2D eigenvalue weighted by Crippen LogP contribution is 2.25. The van der Waals surface area contributed by atoms with Gasteiger partial charge in [0.15, 0.2) is 0 Å². The monoisotopic (exact) mass is 283 g/mol. The van der Waals surface area contributed by atoms with E-state index < -0.39 is 10.8 Å². The summed E-state index contributed by atoms with van der Waals surface area (Å²) in [6, 6.07) is 4.21. The Hall–Kier alpha value is -1.76. The summed E-state index contributed by atoms with van der Waals surface area (Å²) in [5, 5.41) is 14.0. The SMILES string of the molecule is CSCCCCNc1ccc(C(N)=O)cc1[N+](=O)[O-]. The maximum atomic E-state index is 11.0. The van der Waals surface area contributed by atoms with Crippen molar-refractivity contribution in [1.82, 2.24) is 0 Å². The number of nitro benzene ring substituents is 1. The zero-order valence-corrected chi connectivity index (χ0v) is 11.5. The van der Waals surface area contributed by atoms with Gasteiger partial charge in [0, 0.05) is 18.2 Å². The van der Waals surface area contributed by atoms with Gasteiger partial charge in [-0.05, 0) is 37.0 Å². The minimum atomic E-state index is -0.672. The molecule has 1 aromatic carbocycles. The number of thioether (sulfide) groups is 1. The van der Waals surface area contributed by atoms with Crippen LogP contribution in [0.15, 0.2) is 18.2 Å². The molecule has 6 nitrogen and oxygen atoms in total. The number of amides is 1. The molecule has 7 heteroatoms. The van der Waals surface area contributed by atoms with Crippen molar-refractivity contribution in [1.29, 1.82) is 0 Å². The number of nitrogens with zero attached hydrogens (tertiary/aromatic N) is 1. The molecule has 0 aliphatic heterocycles. The molecule has 0 atom stereocenters. The van der Waals surface area contributed by atoms with Crippen LogP contribution in [-0.4, -0.2) is 29.4 Å². The molecule has 3 N–H and O–H groups in total. The molecule has 0 fully saturated rings. The second-order valence-electron chi connectivity index (χ2n) is 3.98. The number of hydrogen-bond donors (Lipinski definition) is 2. The average Bonchev–Trinajstić information content (AvgIpc) is 2.38. The summed E-state index contributed by atoms with van der Waals surface area (Å²) < 4.78 is 0. The van der Waals surface area contributed by atoms with E-state index in [0.29, 0.717) is 12.2 Å². The standard InChI is InChI=1S/C12H17N3O3S/c1-19-7-3-2-6-14-10-5-4-9(12(13)16)8-11(10)15(17)18/h4-5,8,14H,2-3,6-7H2,1H3,(H2,13,16). The van der Waals surface area contributed by atoms with Gasteiger partial charge in [0.1, 0.15) is 5.69 Å². The molecular weight excluding hydrogens is 266 g/mol. The van der Waals surface area contributed by atoms with Gasteiger partial charge in [-0.15, -0.1) is 0 Å². The second-order valence-corrected chi connectivity index (χ2v) is 4.97. The second kappa shape index (κ2) is 7.63. The van der Waals surface area contributed by atoms with Gasteiger partial charge in [-0.2, -0.15) is 11.8 Å². The highest BCUT2D eigenvalue weighted by atomic mass is 32.2. The maximum Gasteiger partial charge on any atom is 0.293 e. The Morgan fingerprint density at radius 2 is 2.21 bits per heavy atom. The van der Waals surface area contributed by atoms with E-state index in [0.717, 1.165) is 18.6 Å². The molecule has 0 bridgehead atoms. The predicted octanol–water partition coefficient (Wildman–Crippen LogP) is 2.25. The third-order valence-corrected chi connectivity index (χ3v) is 3.27. The lowest BCUT2D eigenvalue weighted by Crippen LogP contribution is -2.12. The fourth-order valence-electron chi connectivity index (χ4n) is 1.58. The van der Waals surface area contributed by atoms with Crippen molar-refractivity contribution in [2.45, 2.75) is 12.8 Å². The fourth-order valence-corrected chi connectivity index (χ4v) is 2.07. The Morgan fingerprint density at radius 1 is 1.47 bits per heavy atom. The Morgan fingerprint density at radius 3 is 2.79 bits per heavy atom. The Labute approximate surface area is 115 Å². The molecule has 1 aromatic rings. The molecule has 0 unspecified atom stereocenters. The number of benzene rings is 1. The summed E-state index contributed by atoms with van der Waals surface area (Å²) in [4.78, 5) is 21.4. The number of nitro groups is 1. The van der Waals surface area contributed by atoms with Crippen molar-refractivity contribution in [3.63, 3.8) is 0 Å². The first-order valence-corrected chi connectivity index (χ1v) is 7.26. The van der Waals surface area contributed by atoms with Crippen molar-refractivity contribution >= 4 is 29.0 Å². The van der Waals surface area contributed by atoms with Gasteiger partial charge in [-0.3, -0.25) is 14.9 Å². The third-order valence-electron chi connectivity index (χ3n) is 2.57. The van der Waals surface area contributed by atoms with Crippen LogP contribution in [0.5, 0.6) is 0 Å². The molecule has 1 amide bonds. The summed E-state index contributed by atoms with van der Waals surface area (Å²) in [5.74, 6) is 0.402.